The molecule has 1 fully saturated rings. The number of aromatic nitrogens is 1. The van der Waals surface area contributed by atoms with Crippen LogP contribution in [-0.2, 0) is 0 Å². The van der Waals surface area contributed by atoms with E-state index in [-0.39, 0.29) is 5.91 Å². The van der Waals surface area contributed by atoms with Gasteiger partial charge in [0.25, 0.3) is 5.91 Å². The first kappa shape index (κ1) is 13.1. The molecule has 0 aromatic carbocycles. The molecule has 0 aliphatic heterocycles. The second-order valence-electron chi connectivity index (χ2n) is 4.72. The Morgan fingerprint density at radius 1 is 1.61 bits per heavy atom. The molecule has 0 bridgehead atoms. The summed E-state index contributed by atoms with van der Waals surface area (Å²) in [6, 6.07) is 0. The number of anilines is 2. The lowest BCUT2D eigenvalue weighted by atomic mass is 10.2. The standard InChI is InChI=1S/C12H20N4OS/c1-3-6-16(7-8-4-5-8)12-9(11(17)14-2)10(13)15-18-12/h8H,3-7H2,1-2H3,(H2,13,15)(H,14,17). The zero-order valence-corrected chi connectivity index (χ0v) is 11.7. The Bertz CT molecular complexity index is 428. The van der Waals surface area contributed by atoms with Crippen molar-refractivity contribution in [1.29, 1.82) is 0 Å². The molecule has 1 aliphatic rings. The molecule has 0 saturated heterocycles. The third-order valence-electron chi connectivity index (χ3n) is 3.11. The topological polar surface area (TPSA) is 71.2 Å². The summed E-state index contributed by atoms with van der Waals surface area (Å²) in [5.41, 5.74) is 6.35. The third kappa shape index (κ3) is 2.75. The van der Waals surface area contributed by atoms with Gasteiger partial charge in [-0.25, -0.2) is 0 Å². The van der Waals surface area contributed by atoms with Crippen molar-refractivity contribution in [1.82, 2.24) is 9.69 Å². The van der Waals surface area contributed by atoms with Crippen molar-refractivity contribution in [3.63, 3.8) is 0 Å². The molecule has 5 nitrogen and oxygen atoms in total. The molecule has 1 aliphatic carbocycles. The van der Waals surface area contributed by atoms with Crippen LogP contribution in [-0.4, -0.2) is 30.4 Å². The Morgan fingerprint density at radius 2 is 2.33 bits per heavy atom. The predicted octanol–water partition coefficient (Wildman–Crippen LogP) is 1.71. The van der Waals surface area contributed by atoms with Crippen LogP contribution in [0.2, 0.25) is 0 Å². The minimum absolute atomic E-state index is 0.145. The largest absolute Gasteiger partial charge is 0.382 e. The van der Waals surface area contributed by atoms with E-state index in [9.17, 15) is 4.79 Å². The minimum atomic E-state index is -0.145. The van der Waals surface area contributed by atoms with Crippen LogP contribution in [0.5, 0.6) is 0 Å². The molecule has 1 amide bonds. The first-order chi connectivity index (χ1) is 8.67. The first-order valence-corrected chi connectivity index (χ1v) is 7.16. The zero-order chi connectivity index (χ0) is 13.1. The summed E-state index contributed by atoms with van der Waals surface area (Å²) < 4.78 is 4.13. The van der Waals surface area contributed by atoms with Crippen molar-refractivity contribution in [3.05, 3.63) is 5.56 Å². The number of rotatable bonds is 6. The normalized spacial score (nSPS) is 14.6. The van der Waals surface area contributed by atoms with E-state index in [2.05, 4.69) is 21.5 Å². The summed E-state index contributed by atoms with van der Waals surface area (Å²) in [6.45, 7) is 4.10. The zero-order valence-electron chi connectivity index (χ0n) is 10.9. The van der Waals surface area contributed by atoms with Gasteiger partial charge >= 0.3 is 0 Å². The van der Waals surface area contributed by atoms with Crippen LogP contribution >= 0.6 is 11.5 Å². The van der Waals surface area contributed by atoms with Crippen LogP contribution in [0.4, 0.5) is 10.8 Å². The SMILES string of the molecule is CCCN(CC1CC1)c1snc(N)c1C(=O)NC. The van der Waals surface area contributed by atoms with Crippen molar-refractivity contribution < 1.29 is 4.79 Å². The van der Waals surface area contributed by atoms with Crippen molar-refractivity contribution >= 4 is 28.3 Å². The number of nitrogens with one attached hydrogen (secondary N) is 1. The average molecular weight is 268 g/mol. The fourth-order valence-corrected chi connectivity index (χ4v) is 2.85. The lowest BCUT2D eigenvalue weighted by Crippen LogP contribution is -2.29. The van der Waals surface area contributed by atoms with Crippen molar-refractivity contribution in [2.45, 2.75) is 26.2 Å². The van der Waals surface area contributed by atoms with Crippen molar-refractivity contribution in [3.8, 4) is 0 Å². The quantitative estimate of drug-likeness (QED) is 0.824. The summed E-state index contributed by atoms with van der Waals surface area (Å²) in [7, 11) is 1.62. The predicted molar refractivity (Wildman–Crippen MR) is 75.1 cm³/mol. The van der Waals surface area contributed by atoms with E-state index in [0.29, 0.717) is 11.4 Å². The maximum absolute atomic E-state index is 11.9. The van der Waals surface area contributed by atoms with Crippen LogP contribution in [0.15, 0.2) is 0 Å². The Balaban J connectivity index is 2.24. The number of nitrogens with two attached hydrogens (primary N) is 1. The van der Waals surface area contributed by atoms with Crippen LogP contribution in [0.25, 0.3) is 0 Å². The molecule has 6 heteroatoms. The summed E-state index contributed by atoms with van der Waals surface area (Å²) in [5, 5.41) is 3.55. The Kier molecular flexibility index (Phi) is 4.06. The number of carbonyl (C=O) groups is 1. The van der Waals surface area contributed by atoms with E-state index in [0.717, 1.165) is 30.4 Å². The molecule has 2 rings (SSSR count). The number of carbonyl (C=O) groups excluding carboxylic acids is 1. The molecule has 0 radical (unpaired) electrons. The maximum Gasteiger partial charge on any atom is 0.257 e. The van der Waals surface area contributed by atoms with Gasteiger partial charge in [-0.1, -0.05) is 6.92 Å². The lowest BCUT2D eigenvalue weighted by molar-refractivity contribution is 0.0964. The van der Waals surface area contributed by atoms with Crippen molar-refractivity contribution in [2.24, 2.45) is 5.92 Å². The molecule has 1 aromatic rings. The second kappa shape index (κ2) is 5.56. The first-order valence-electron chi connectivity index (χ1n) is 6.39. The fraction of sp³-hybridized carbons (Fsp3) is 0.667. The van der Waals surface area contributed by atoms with E-state index in [4.69, 9.17) is 5.73 Å². The molecule has 1 heterocycles. The van der Waals surface area contributed by atoms with Crippen molar-refractivity contribution in [2.75, 3.05) is 30.8 Å². The summed E-state index contributed by atoms with van der Waals surface area (Å²) >= 11 is 1.33. The number of hydrogen-bond donors (Lipinski definition) is 2. The van der Waals surface area contributed by atoms with Gasteiger partial charge in [-0.15, -0.1) is 0 Å². The molecular weight excluding hydrogens is 248 g/mol. The monoisotopic (exact) mass is 268 g/mol. The van der Waals surface area contributed by atoms with Crippen LogP contribution in [0, 0.1) is 5.92 Å². The van der Waals surface area contributed by atoms with E-state index < -0.39 is 0 Å². The molecule has 0 unspecified atom stereocenters. The van der Waals surface area contributed by atoms with E-state index >= 15 is 0 Å². The Labute approximate surface area is 112 Å². The highest BCUT2D eigenvalue weighted by Gasteiger charge is 2.28. The molecule has 3 N–H and O–H groups in total. The fourth-order valence-electron chi connectivity index (χ4n) is 2.01. The molecule has 0 spiro atoms. The van der Waals surface area contributed by atoms with E-state index in [1.165, 1.54) is 24.4 Å². The molecule has 1 saturated carbocycles. The molecule has 18 heavy (non-hydrogen) atoms. The van der Waals surface area contributed by atoms with Gasteiger partial charge in [0.2, 0.25) is 0 Å². The van der Waals surface area contributed by atoms with Gasteiger partial charge in [0.15, 0.2) is 5.82 Å². The van der Waals surface area contributed by atoms with Gasteiger partial charge in [0.1, 0.15) is 10.6 Å². The van der Waals surface area contributed by atoms with Gasteiger partial charge in [-0.05, 0) is 36.7 Å². The van der Waals surface area contributed by atoms with Gasteiger partial charge in [-0.2, -0.15) is 4.37 Å². The highest BCUT2D eigenvalue weighted by atomic mass is 32.1. The third-order valence-corrected chi connectivity index (χ3v) is 4.03. The summed E-state index contributed by atoms with van der Waals surface area (Å²) in [5.74, 6) is 0.969. The summed E-state index contributed by atoms with van der Waals surface area (Å²) in [6.07, 6.45) is 3.64. The number of nitrogens with zero attached hydrogens (tertiary/aromatic N) is 2. The highest BCUT2D eigenvalue weighted by molar-refractivity contribution is 7.11. The van der Waals surface area contributed by atoms with Crippen LogP contribution in [0.1, 0.15) is 36.5 Å². The van der Waals surface area contributed by atoms with E-state index in [1.54, 1.807) is 7.05 Å². The number of amides is 1. The van der Waals surface area contributed by atoms with Gasteiger partial charge in [-0.3, -0.25) is 4.79 Å². The Morgan fingerprint density at radius 3 is 2.89 bits per heavy atom. The molecule has 100 valence electrons. The Hall–Kier alpha value is -1.30. The second-order valence-corrected chi connectivity index (χ2v) is 5.47. The smallest absolute Gasteiger partial charge is 0.257 e. The maximum atomic E-state index is 11.9. The van der Waals surface area contributed by atoms with Crippen LogP contribution < -0.4 is 16.0 Å². The van der Waals surface area contributed by atoms with Gasteiger partial charge in [0, 0.05) is 20.1 Å². The molecular formula is C12H20N4OS. The van der Waals surface area contributed by atoms with Gasteiger partial charge < -0.3 is 16.0 Å². The van der Waals surface area contributed by atoms with E-state index in [1.807, 2.05) is 0 Å². The lowest BCUT2D eigenvalue weighted by Gasteiger charge is -2.23. The summed E-state index contributed by atoms with van der Waals surface area (Å²) in [4.78, 5) is 14.1. The average Bonchev–Trinajstić information content (AvgIpc) is 3.09. The molecule has 0 atom stereocenters. The minimum Gasteiger partial charge on any atom is -0.382 e. The number of nitrogen functional groups attached to an aromatic ring is 1. The number of hydrogen-bond acceptors (Lipinski definition) is 5. The molecule has 1 aromatic heterocycles. The highest BCUT2D eigenvalue weighted by Crippen LogP contribution is 2.36. The van der Waals surface area contributed by atoms with Crippen LogP contribution in [0.3, 0.4) is 0 Å². The van der Waals surface area contributed by atoms with Gasteiger partial charge in [0.05, 0.1) is 0 Å².